The van der Waals surface area contributed by atoms with Crippen molar-refractivity contribution < 1.29 is 9.66 Å². The quantitative estimate of drug-likeness (QED) is 0.608. The highest BCUT2D eigenvalue weighted by atomic mass is 79.9. The molecule has 0 aliphatic rings. The third-order valence-electron chi connectivity index (χ3n) is 3.25. The fourth-order valence-corrected chi connectivity index (χ4v) is 2.71. The van der Waals surface area contributed by atoms with Crippen molar-refractivity contribution in [1.29, 1.82) is 0 Å². The fraction of sp³-hybridized carbons (Fsp3) is 0.357. The maximum atomic E-state index is 10.8. The Morgan fingerprint density at radius 3 is 2.76 bits per heavy atom. The van der Waals surface area contributed by atoms with E-state index in [4.69, 9.17) is 4.74 Å². The van der Waals surface area contributed by atoms with Gasteiger partial charge in [-0.25, -0.2) is 0 Å². The Hall–Kier alpha value is -1.89. The first-order valence-corrected chi connectivity index (χ1v) is 7.31. The summed E-state index contributed by atoms with van der Waals surface area (Å²) in [5.41, 5.74) is 2.74. The molecular formula is C14H16BrN3O3. The molecular weight excluding hydrogens is 338 g/mol. The number of benzene rings is 1. The second kappa shape index (κ2) is 6.26. The lowest BCUT2D eigenvalue weighted by Gasteiger charge is -2.09. The smallest absolute Gasteiger partial charge is 0.273 e. The molecule has 0 unspecified atom stereocenters. The van der Waals surface area contributed by atoms with Crippen LogP contribution in [0.15, 0.2) is 22.7 Å². The highest BCUT2D eigenvalue weighted by Crippen LogP contribution is 2.27. The topological polar surface area (TPSA) is 70.2 Å². The molecule has 1 aromatic carbocycles. The van der Waals surface area contributed by atoms with Crippen molar-refractivity contribution in [2.75, 3.05) is 0 Å². The van der Waals surface area contributed by atoms with Gasteiger partial charge in [-0.2, -0.15) is 5.10 Å². The van der Waals surface area contributed by atoms with Crippen LogP contribution in [0.1, 0.15) is 23.9 Å². The molecule has 1 aromatic heterocycles. The number of hydrogen-bond acceptors (Lipinski definition) is 4. The molecule has 0 amide bonds. The Kier molecular flexibility index (Phi) is 4.62. The third kappa shape index (κ3) is 3.24. The normalized spacial score (nSPS) is 10.7. The van der Waals surface area contributed by atoms with E-state index in [2.05, 4.69) is 21.0 Å². The molecule has 2 aromatic rings. The van der Waals surface area contributed by atoms with E-state index >= 15 is 0 Å². The van der Waals surface area contributed by atoms with Crippen molar-refractivity contribution in [1.82, 2.24) is 9.78 Å². The van der Waals surface area contributed by atoms with Gasteiger partial charge in [-0.15, -0.1) is 0 Å². The monoisotopic (exact) mass is 353 g/mol. The van der Waals surface area contributed by atoms with Crippen LogP contribution in [-0.4, -0.2) is 14.7 Å². The van der Waals surface area contributed by atoms with E-state index in [0.29, 0.717) is 12.4 Å². The number of rotatable bonds is 5. The minimum absolute atomic E-state index is 0.0221. The van der Waals surface area contributed by atoms with Gasteiger partial charge in [0.2, 0.25) is 0 Å². The largest absolute Gasteiger partial charge is 0.487 e. The summed E-state index contributed by atoms with van der Waals surface area (Å²) < 4.78 is 8.42. The number of nitro groups is 1. The number of hydrogen-bond donors (Lipinski definition) is 0. The zero-order valence-electron chi connectivity index (χ0n) is 12.1. The van der Waals surface area contributed by atoms with Crippen LogP contribution in [0.25, 0.3) is 0 Å². The number of aryl methyl sites for hydroxylation is 3. The van der Waals surface area contributed by atoms with Crippen molar-refractivity contribution in [2.24, 2.45) is 7.05 Å². The molecule has 7 heteroatoms. The highest BCUT2D eigenvalue weighted by molar-refractivity contribution is 9.10. The molecule has 0 aliphatic heterocycles. The SMILES string of the molecule is CCc1nn(C)c(COc2cc([N+](=O)[O-])ccc2C)c1Br. The molecule has 0 bridgehead atoms. The van der Waals surface area contributed by atoms with Crippen LogP contribution in [0.5, 0.6) is 5.75 Å². The van der Waals surface area contributed by atoms with E-state index in [0.717, 1.165) is 27.8 Å². The van der Waals surface area contributed by atoms with Gasteiger partial charge < -0.3 is 4.74 Å². The lowest BCUT2D eigenvalue weighted by Crippen LogP contribution is -2.04. The predicted molar refractivity (Wildman–Crippen MR) is 82.5 cm³/mol. The zero-order valence-corrected chi connectivity index (χ0v) is 13.7. The lowest BCUT2D eigenvalue weighted by molar-refractivity contribution is -0.385. The first-order chi connectivity index (χ1) is 9.93. The number of ether oxygens (including phenoxy) is 1. The van der Waals surface area contributed by atoms with Crippen LogP contribution in [0.2, 0.25) is 0 Å². The van der Waals surface area contributed by atoms with E-state index in [1.807, 2.05) is 20.9 Å². The van der Waals surface area contributed by atoms with Crippen LogP contribution in [0, 0.1) is 17.0 Å². The van der Waals surface area contributed by atoms with Gasteiger partial charge in [0, 0.05) is 13.1 Å². The molecule has 112 valence electrons. The first kappa shape index (κ1) is 15.5. The molecule has 1 heterocycles. The molecule has 21 heavy (non-hydrogen) atoms. The summed E-state index contributed by atoms with van der Waals surface area (Å²) in [7, 11) is 1.85. The lowest BCUT2D eigenvalue weighted by atomic mass is 10.2. The molecule has 0 radical (unpaired) electrons. The first-order valence-electron chi connectivity index (χ1n) is 6.52. The molecule has 2 rings (SSSR count). The summed E-state index contributed by atoms with van der Waals surface area (Å²) in [6, 6.07) is 4.60. The molecule has 0 aliphatic carbocycles. The number of aromatic nitrogens is 2. The summed E-state index contributed by atoms with van der Waals surface area (Å²) in [5.74, 6) is 0.510. The summed E-state index contributed by atoms with van der Waals surface area (Å²) in [6.07, 6.45) is 0.824. The van der Waals surface area contributed by atoms with Gasteiger partial charge in [-0.1, -0.05) is 6.92 Å². The van der Waals surface area contributed by atoms with E-state index in [1.54, 1.807) is 10.7 Å². The molecule has 0 saturated carbocycles. The molecule has 0 fully saturated rings. The minimum atomic E-state index is -0.429. The average Bonchev–Trinajstić information content (AvgIpc) is 2.72. The van der Waals surface area contributed by atoms with Crippen molar-refractivity contribution in [3.8, 4) is 5.75 Å². The van der Waals surface area contributed by atoms with Gasteiger partial charge in [0.25, 0.3) is 5.69 Å². The van der Waals surface area contributed by atoms with Gasteiger partial charge in [0.1, 0.15) is 12.4 Å². The van der Waals surface area contributed by atoms with E-state index in [9.17, 15) is 10.1 Å². The Morgan fingerprint density at radius 1 is 1.48 bits per heavy atom. The van der Waals surface area contributed by atoms with Gasteiger partial charge in [0.15, 0.2) is 0 Å². The number of nitrogens with zero attached hydrogens (tertiary/aromatic N) is 3. The van der Waals surface area contributed by atoms with Gasteiger partial charge >= 0.3 is 0 Å². The summed E-state index contributed by atoms with van der Waals surface area (Å²) >= 11 is 3.52. The number of halogens is 1. The van der Waals surface area contributed by atoms with Crippen molar-refractivity contribution >= 4 is 21.6 Å². The van der Waals surface area contributed by atoms with E-state index in [1.165, 1.54) is 12.1 Å². The Bertz CT molecular complexity index is 682. The van der Waals surface area contributed by atoms with Crippen LogP contribution in [0.3, 0.4) is 0 Å². The Balaban J connectivity index is 2.22. The van der Waals surface area contributed by atoms with Crippen LogP contribution < -0.4 is 4.74 Å². The van der Waals surface area contributed by atoms with Crippen LogP contribution in [0.4, 0.5) is 5.69 Å². The number of non-ortho nitro benzene ring substituents is 1. The average molecular weight is 354 g/mol. The van der Waals surface area contributed by atoms with Crippen molar-refractivity contribution in [2.45, 2.75) is 26.9 Å². The molecule has 0 spiro atoms. The third-order valence-corrected chi connectivity index (χ3v) is 4.17. The molecule has 0 saturated heterocycles. The van der Waals surface area contributed by atoms with Gasteiger partial charge in [0.05, 0.1) is 26.9 Å². The minimum Gasteiger partial charge on any atom is -0.487 e. The van der Waals surface area contributed by atoms with Crippen LogP contribution >= 0.6 is 15.9 Å². The van der Waals surface area contributed by atoms with Crippen molar-refractivity contribution in [3.05, 3.63) is 49.7 Å². The number of nitro benzene ring substituents is 1. The predicted octanol–water partition coefficient (Wildman–Crippen LogP) is 3.54. The Labute approximate surface area is 131 Å². The van der Waals surface area contributed by atoms with Gasteiger partial charge in [-0.05, 0) is 40.9 Å². The molecule has 6 nitrogen and oxygen atoms in total. The maximum absolute atomic E-state index is 10.8. The highest BCUT2D eigenvalue weighted by Gasteiger charge is 2.15. The van der Waals surface area contributed by atoms with Gasteiger partial charge in [-0.3, -0.25) is 14.8 Å². The molecule has 0 atom stereocenters. The molecule has 0 N–H and O–H groups in total. The summed E-state index contributed by atoms with van der Waals surface area (Å²) in [5, 5.41) is 15.2. The van der Waals surface area contributed by atoms with Crippen LogP contribution in [-0.2, 0) is 20.1 Å². The van der Waals surface area contributed by atoms with E-state index < -0.39 is 4.92 Å². The van der Waals surface area contributed by atoms with Crippen molar-refractivity contribution in [3.63, 3.8) is 0 Å². The fourth-order valence-electron chi connectivity index (χ4n) is 1.98. The maximum Gasteiger partial charge on any atom is 0.273 e. The second-order valence-electron chi connectivity index (χ2n) is 4.68. The van der Waals surface area contributed by atoms with E-state index in [-0.39, 0.29) is 5.69 Å². The second-order valence-corrected chi connectivity index (χ2v) is 5.47. The standard InChI is InChI=1S/C14H16BrN3O3/c1-4-11-14(15)12(17(3)16-11)8-21-13-7-10(18(19)20)6-5-9(13)2/h5-7H,4,8H2,1-3H3. The Morgan fingerprint density at radius 2 is 2.19 bits per heavy atom. The zero-order chi connectivity index (χ0) is 15.6. The summed E-state index contributed by atoms with van der Waals surface area (Å²) in [6.45, 7) is 4.18. The summed E-state index contributed by atoms with van der Waals surface area (Å²) in [4.78, 5) is 10.4.